The Morgan fingerprint density at radius 3 is 2.34 bits per heavy atom. The van der Waals surface area contributed by atoms with Crippen LogP contribution < -0.4 is 20.4 Å². The molecule has 10 heteroatoms. The fraction of sp³-hybridized carbons (Fsp3) is 0.143. The number of amides is 2. The lowest BCUT2D eigenvalue weighted by Crippen LogP contribution is -2.47. The van der Waals surface area contributed by atoms with Crippen LogP contribution in [0.25, 0.3) is 10.9 Å². The van der Waals surface area contributed by atoms with Crippen LogP contribution in [-0.4, -0.2) is 52.1 Å². The Morgan fingerprint density at radius 2 is 1.55 bits per heavy atom. The number of pyridine rings is 1. The van der Waals surface area contributed by atoms with Crippen LogP contribution in [0.15, 0.2) is 101 Å². The first-order chi connectivity index (χ1) is 18.7. The summed E-state index contributed by atoms with van der Waals surface area (Å²) in [5, 5.41) is 7.53. The quantitative estimate of drug-likeness (QED) is 0.254. The molecule has 1 aliphatic rings. The molecule has 1 saturated heterocycles. The smallest absolute Gasteiger partial charge is 0.326 e. The van der Waals surface area contributed by atoms with Crippen molar-refractivity contribution in [1.29, 1.82) is 0 Å². The number of anilines is 4. The molecule has 9 nitrogen and oxygen atoms in total. The van der Waals surface area contributed by atoms with Gasteiger partial charge in [0.25, 0.3) is 0 Å². The van der Waals surface area contributed by atoms with Gasteiger partial charge in [-0.15, -0.1) is 0 Å². The van der Waals surface area contributed by atoms with Gasteiger partial charge in [-0.3, -0.25) is 5.32 Å². The molecule has 5 aromatic rings. The van der Waals surface area contributed by atoms with Crippen LogP contribution in [0.3, 0.4) is 0 Å². The van der Waals surface area contributed by atoms with Crippen molar-refractivity contribution in [3.05, 3.63) is 91.3 Å². The van der Waals surface area contributed by atoms with Crippen LogP contribution in [0.1, 0.15) is 0 Å². The molecular formula is C28H26N8OS. The molecule has 0 aliphatic carbocycles. The number of fused-ring (bicyclic) bond motifs is 1. The minimum Gasteiger partial charge on any atom is -0.360 e. The van der Waals surface area contributed by atoms with Crippen LogP contribution in [-0.2, 0) is 0 Å². The topological polar surface area (TPSA) is 102 Å². The number of benzene rings is 2. The van der Waals surface area contributed by atoms with E-state index in [2.05, 4.69) is 41.5 Å². The van der Waals surface area contributed by atoms with Gasteiger partial charge in [0, 0.05) is 66.1 Å². The summed E-state index contributed by atoms with van der Waals surface area (Å²) in [6.07, 6.45) is 3.80. The van der Waals surface area contributed by atoms with Crippen LogP contribution in [0.2, 0.25) is 0 Å². The summed E-state index contributed by atoms with van der Waals surface area (Å²) >= 11 is 1.54. The summed E-state index contributed by atoms with van der Waals surface area (Å²) in [4.78, 5) is 35.5. The van der Waals surface area contributed by atoms with Gasteiger partial charge in [-0.1, -0.05) is 54.2 Å². The van der Waals surface area contributed by atoms with Gasteiger partial charge in [0.05, 0.1) is 0 Å². The van der Waals surface area contributed by atoms with Crippen molar-refractivity contribution >= 4 is 52.0 Å². The third kappa shape index (κ3) is 5.40. The van der Waals surface area contributed by atoms with E-state index in [1.54, 1.807) is 11.8 Å². The van der Waals surface area contributed by atoms with Crippen molar-refractivity contribution < 1.29 is 4.79 Å². The maximum absolute atomic E-state index is 12.7. The van der Waals surface area contributed by atoms with Gasteiger partial charge in [0.2, 0.25) is 5.95 Å². The van der Waals surface area contributed by atoms with Gasteiger partial charge in [-0.25, -0.2) is 14.8 Å². The summed E-state index contributed by atoms with van der Waals surface area (Å²) in [7, 11) is 0. The zero-order chi connectivity index (χ0) is 25.7. The number of para-hydroxylation sites is 2. The van der Waals surface area contributed by atoms with Gasteiger partial charge in [0.15, 0.2) is 0 Å². The van der Waals surface area contributed by atoms with E-state index in [-0.39, 0.29) is 5.95 Å². The van der Waals surface area contributed by atoms with E-state index in [0.717, 1.165) is 58.6 Å². The second kappa shape index (κ2) is 10.8. The van der Waals surface area contributed by atoms with Crippen molar-refractivity contribution in [2.45, 2.75) is 9.92 Å². The summed E-state index contributed by atoms with van der Waals surface area (Å²) in [5.74, 6) is 2.01. The van der Waals surface area contributed by atoms with Crippen molar-refractivity contribution in [1.82, 2.24) is 19.9 Å². The van der Waals surface area contributed by atoms with E-state index >= 15 is 0 Å². The van der Waals surface area contributed by atoms with E-state index in [0.29, 0.717) is 5.69 Å². The number of piperazine rings is 1. The average Bonchev–Trinajstić information content (AvgIpc) is 3.36. The average molecular weight is 523 g/mol. The monoisotopic (exact) mass is 522 g/mol. The highest BCUT2D eigenvalue weighted by atomic mass is 32.2. The molecule has 3 aromatic heterocycles. The van der Waals surface area contributed by atoms with Crippen molar-refractivity contribution in [2.24, 2.45) is 0 Å². The Labute approximate surface area is 224 Å². The third-order valence-electron chi connectivity index (χ3n) is 6.29. The molecule has 1 fully saturated rings. The Hall–Kier alpha value is -4.57. The molecule has 2 aromatic carbocycles. The molecule has 3 N–H and O–H groups in total. The number of hydrogen-bond donors (Lipinski definition) is 3. The number of nitrogens with zero attached hydrogens (tertiary/aromatic N) is 5. The Balaban J connectivity index is 1.25. The molecule has 0 spiro atoms. The number of H-pyrrole nitrogens is 1. The Bertz CT molecular complexity index is 1530. The second-order valence-corrected chi connectivity index (χ2v) is 9.86. The minimum atomic E-state index is -0.392. The van der Waals surface area contributed by atoms with E-state index in [4.69, 9.17) is 4.98 Å². The van der Waals surface area contributed by atoms with Gasteiger partial charge in [0.1, 0.15) is 16.7 Å². The van der Waals surface area contributed by atoms with Crippen LogP contribution in [0.5, 0.6) is 0 Å². The first kappa shape index (κ1) is 23.8. The molecule has 190 valence electrons. The number of carbonyl (C=O) groups is 1. The van der Waals surface area contributed by atoms with E-state index in [9.17, 15) is 4.79 Å². The largest absolute Gasteiger partial charge is 0.360 e. The molecule has 0 bridgehead atoms. The molecule has 38 heavy (non-hydrogen) atoms. The zero-order valence-electron chi connectivity index (χ0n) is 20.5. The first-order valence-electron chi connectivity index (χ1n) is 12.4. The molecule has 1 aliphatic heterocycles. The molecule has 6 rings (SSSR count). The molecule has 0 unspecified atom stereocenters. The highest BCUT2D eigenvalue weighted by Gasteiger charge is 2.21. The lowest BCUT2D eigenvalue weighted by atomic mass is 10.2. The molecule has 4 heterocycles. The van der Waals surface area contributed by atoms with Crippen molar-refractivity contribution in [3.63, 3.8) is 0 Å². The van der Waals surface area contributed by atoms with E-state index < -0.39 is 6.03 Å². The second-order valence-electron chi connectivity index (χ2n) is 8.80. The maximum Gasteiger partial charge on any atom is 0.326 e. The number of nitrogens with one attached hydrogen (secondary N) is 3. The lowest BCUT2D eigenvalue weighted by Gasteiger charge is -2.36. The number of aromatic amines is 1. The summed E-state index contributed by atoms with van der Waals surface area (Å²) < 4.78 is 0. The number of hydrogen-bond acceptors (Lipinski definition) is 7. The summed E-state index contributed by atoms with van der Waals surface area (Å²) in [5.41, 5.74) is 1.76. The molecule has 0 atom stereocenters. The van der Waals surface area contributed by atoms with E-state index in [1.807, 2.05) is 85.2 Å². The molecular weight excluding hydrogens is 496 g/mol. The van der Waals surface area contributed by atoms with E-state index in [1.165, 1.54) is 0 Å². The number of rotatable bonds is 6. The summed E-state index contributed by atoms with van der Waals surface area (Å²) in [6, 6.07) is 25.0. The van der Waals surface area contributed by atoms with Gasteiger partial charge >= 0.3 is 6.03 Å². The van der Waals surface area contributed by atoms with Crippen LogP contribution in [0, 0.1) is 0 Å². The molecule has 0 saturated carbocycles. The van der Waals surface area contributed by atoms with Crippen LogP contribution in [0.4, 0.5) is 28.1 Å². The lowest BCUT2D eigenvalue weighted by molar-refractivity contribution is 0.262. The molecule has 2 amide bonds. The highest BCUT2D eigenvalue weighted by molar-refractivity contribution is 7.99. The van der Waals surface area contributed by atoms with Crippen molar-refractivity contribution in [3.8, 4) is 0 Å². The highest BCUT2D eigenvalue weighted by Crippen LogP contribution is 2.34. The van der Waals surface area contributed by atoms with Gasteiger partial charge < -0.3 is 20.1 Å². The first-order valence-corrected chi connectivity index (χ1v) is 13.2. The number of aromatic nitrogens is 4. The minimum absolute atomic E-state index is 0.255. The number of urea groups is 1. The summed E-state index contributed by atoms with van der Waals surface area (Å²) in [6.45, 7) is 3.20. The third-order valence-corrected chi connectivity index (χ3v) is 7.26. The predicted octanol–water partition coefficient (Wildman–Crippen LogP) is 5.47. The standard InChI is InChI=1S/C28H26N8OS/c37-28(31-20-8-2-1-3-9-20)34-27-32-25(36-16-14-35(15-17-36)24-12-6-7-13-29-24)18-26(33-27)38-23-19-30-22-11-5-4-10-21(22)23/h1-13,18-19,30H,14-17H2,(H2,31,32,33,34,37). The zero-order valence-corrected chi connectivity index (χ0v) is 21.4. The normalized spacial score (nSPS) is 13.5. The Morgan fingerprint density at radius 1 is 0.816 bits per heavy atom. The fourth-order valence-corrected chi connectivity index (χ4v) is 5.34. The van der Waals surface area contributed by atoms with Gasteiger partial charge in [-0.2, -0.15) is 4.98 Å². The SMILES string of the molecule is O=C(Nc1ccccc1)Nc1nc(Sc2c[nH]c3ccccc23)cc(N2CCN(c3ccccn3)CC2)n1. The maximum atomic E-state index is 12.7. The Kier molecular flexibility index (Phi) is 6.77. The van der Waals surface area contributed by atoms with Gasteiger partial charge in [-0.05, 0) is 30.3 Å². The number of carbonyl (C=O) groups excluding carboxylic acids is 1. The molecule has 0 radical (unpaired) electrons. The van der Waals surface area contributed by atoms with Crippen molar-refractivity contribution in [2.75, 3.05) is 46.6 Å². The predicted molar refractivity (Wildman–Crippen MR) is 152 cm³/mol. The van der Waals surface area contributed by atoms with Crippen LogP contribution >= 0.6 is 11.8 Å². The fourth-order valence-electron chi connectivity index (χ4n) is 4.42.